The Bertz CT molecular complexity index is 281. The average Bonchev–Trinajstić information content (AvgIpc) is 2.68. The van der Waals surface area contributed by atoms with Crippen LogP contribution in [0, 0.1) is 5.92 Å². The molecule has 2 amide bonds. The molecule has 0 aromatic carbocycles. The quantitative estimate of drug-likeness (QED) is 0.733. The van der Waals surface area contributed by atoms with Gasteiger partial charge in [-0.1, -0.05) is 6.92 Å². The molecule has 0 bridgehead atoms. The van der Waals surface area contributed by atoms with Gasteiger partial charge >= 0.3 is 0 Å². The van der Waals surface area contributed by atoms with Crippen LogP contribution in [0.25, 0.3) is 0 Å². The van der Waals surface area contributed by atoms with Gasteiger partial charge in [-0.2, -0.15) is 0 Å². The van der Waals surface area contributed by atoms with Gasteiger partial charge in [-0.15, -0.1) is 0 Å². The van der Waals surface area contributed by atoms with Crippen molar-refractivity contribution < 1.29 is 14.3 Å². The number of rotatable bonds is 6. The first-order chi connectivity index (χ1) is 8.08. The van der Waals surface area contributed by atoms with E-state index in [-0.39, 0.29) is 23.8 Å². The Hall–Kier alpha value is -1.10. The molecule has 0 spiro atoms. The fraction of sp³-hybridized carbons (Fsp3) is 0.833. The predicted molar refractivity (Wildman–Crippen MR) is 64.5 cm³/mol. The van der Waals surface area contributed by atoms with E-state index in [0.717, 1.165) is 6.42 Å². The number of likely N-dealkylation sites (tertiary alicyclic amines) is 1. The maximum Gasteiger partial charge on any atom is 0.225 e. The first kappa shape index (κ1) is 14.0. The molecule has 1 aliphatic heterocycles. The molecule has 1 aliphatic rings. The summed E-state index contributed by atoms with van der Waals surface area (Å²) in [5.41, 5.74) is 0. The minimum Gasteiger partial charge on any atom is -0.383 e. The van der Waals surface area contributed by atoms with Gasteiger partial charge < -0.3 is 15.0 Å². The van der Waals surface area contributed by atoms with Crippen molar-refractivity contribution in [2.45, 2.75) is 32.7 Å². The first-order valence-electron chi connectivity index (χ1n) is 6.15. The van der Waals surface area contributed by atoms with E-state index in [0.29, 0.717) is 26.1 Å². The second kappa shape index (κ2) is 6.59. The Morgan fingerprint density at radius 2 is 2.35 bits per heavy atom. The van der Waals surface area contributed by atoms with Crippen LogP contribution in [0.4, 0.5) is 0 Å². The number of nitrogens with zero attached hydrogens (tertiary/aromatic N) is 1. The average molecular weight is 242 g/mol. The van der Waals surface area contributed by atoms with E-state index in [1.165, 1.54) is 0 Å². The maximum absolute atomic E-state index is 11.9. The molecule has 1 N–H and O–H groups in total. The Morgan fingerprint density at radius 3 is 2.94 bits per heavy atom. The number of amides is 2. The van der Waals surface area contributed by atoms with Gasteiger partial charge in [0.2, 0.25) is 11.8 Å². The number of carbonyl (C=O) groups is 2. The minimum atomic E-state index is -0.201. The largest absolute Gasteiger partial charge is 0.383 e. The van der Waals surface area contributed by atoms with Gasteiger partial charge in [0.25, 0.3) is 0 Å². The predicted octanol–water partition coefficient (Wildman–Crippen LogP) is 0.396. The standard InChI is InChI=1S/C12H22N2O3/c1-4-9(2)13-12(16)10-7-11(15)14(8-10)5-6-17-3/h9-10H,4-8H2,1-3H3,(H,13,16)/t9-,10-/m0/s1. The van der Waals surface area contributed by atoms with Gasteiger partial charge in [0.1, 0.15) is 0 Å². The van der Waals surface area contributed by atoms with Crippen LogP contribution in [0.2, 0.25) is 0 Å². The number of carbonyl (C=O) groups excluding carboxylic acids is 2. The van der Waals surface area contributed by atoms with Crippen molar-refractivity contribution >= 4 is 11.8 Å². The molecule has 0 aromatic rings. The van der Waals surface area contributed by atoms with Crippen molar-refractivity contribution in [1.82, 2.24) is 10.2 Å². The lowest BCUT2D eigenvalue weighted by molar-refractivity contribution is -0.129. The highest BCUT2D eigenvalue weighted by Gasteiger charge is 2.34. The fourth-order valence-corrected chi connectivity index (χ4v) is 1.83. The Morgan fingerprint density at radius 1 is 1.65 bits per heavy atom. The molecule has 2 atom stereocenters. The number of hydrogen-bond acceptors (Lipinski definition) is 3. The van der Waals surface area contributed by atoms with Gasteiger partial charge in [0.05, 0.1) is 12.5 Å². The number of methoxy groups -OCH3 is 1. The summed E-state index contributed by atoms with van der Waals surface area (Å²) >= 11 is 0. The van der Waals surface area contributed by atoms with Crippen molar-refractivity contribution in [3.8, 4) is 0 Å². The van der Waals surface area contributed by atoms with Crippen LogP contribution in [0.15, 0.2) is 0 Å². The van der Waals surface area contributed by atoms with Crippen LogP contribution in [-0.2, 0) is 14.3 Å². The molecule has 1 heterocycles. The number of hydrogen-bond donors (Lipinski definition) is 1. The molecule has 0 aromatic heterocycles. The highest BCUT2D eigenvalue weighted by Crippen LogP contribution is 2.17. The van der Waals surface area contributed by atoms with E-state index in [9.17, 15) is 9.59 Å². The zero-order chi connectivity index (χ0) is 12.8. The third kappa shape index (κ3) is 4.00. The van der Waals surface area contributed by atoms with E-state index in [2.05, 4.69) is 5.32 Å². The van der Waals surface area contributed by atoms with Crippen molar-refractivity contribution in [1.29, 1.82) is 0 Å². The second-order valence-electron chi connectivity index (χ2n) is 4.55. The summed E-state index contributed by atoms with van der Waals surface area (Å²) in [4.78, 5) is 25.2. The fourth-order valence-electron chi connectivity index (χ4n) is 1.83. The zero-order valence-electron chi connectivity index (χ0n) is 10.9. The lowest BCUT2D eigenvalue weighted by atomic mass is 10.1. The maximum atomic E-state index is 11.9. The van der Waals surface area contributed by atoms with E-state index in [4.69, 9.17) is 4.74 Å². The van der Waals surface area contributed by atoms with Gasteiger partial charge in [-0.25, -0.2) is 0 Å². The van der Waals surface area contributed by atoms with Crippen LogP contribution in [0.5, 0.6) is 0 Å². The van der Waals surface area contributed by atoms with E-state index >= 15 is 0 Å². The van der Waals surface area contributed by atoms with E-state index < -0.39 is 0 Å². The van der Waals surface area contributed by atoms with Crippen LogP contribution in [0.3, 0.4) is 0 Å². The summed E-state index contributed by atoms with van der Waals surface area (Å²) in [5.74, 6) is -0.160. The molecule has 1 rings (SSSR count). The molecule has 0 radical (unpaired) electrons. The lowest BCUT2D eigenvalue weighted by Gasteiger charge is -2.17. The van der Waals surface area contributed by atoms with E-state index in [1.807, 2.05) is 13.8 Å². The normalized spacial score (nSPS) is 21.7. The van der Waals surface area contributed by atoms with Crippen molar-refractivity contribution in [2.75, 3.05) is 26.8 Å². The SMILES string of the molecule is CC[C@H](C)NC(=O)[C@H]1CC(=O)N(CCOC)C1. The van der Waals surface area contributed by atoms with Gasteiger partial charge in [0, 0.05) is 32.7 Å². The van der Waals surface area contributed by atoms with Crippen LogP contribution in [-0.4, -0.2) is 49.6 Å². The molecule has 1 fully saturated rings. The van der Waals surface area contributed by atoms with Crippen LogP contribution < -0.4 is 5.32 Å². The topological polar surface area (TPSA) is 58.6 Å². The summed E-state index contributed by atoms with van der Waals surface area (Å²) in [5, 5.41) is 2.92. The molecule has 1 saturated heterocycles. The van der Waals surface area contributed by atoms with Crippen LogP contribution in [0.1, 0.15) is 26.7 Å². The lowest BCUT2D eigenvalue weighted by Crippen LogP contribution is -2.38. The highest BCUT2D eigenvalue weighted by atomic mass is 16.5. The molecular formula is C12H22N2O3. The summed E-state index contributed by atoms with van der Waals surface area (Å²) in [6, 6.07) is 0.172. The molecule has 0 unspecified atom stereocenters. The monoisotopic (exact) mass is 242 g/mol. The summed E-state index contributed by atoms with van der Waals surface area (Å²) in [6.07, 6.45) is 1.23. The van der Waals surface area contributed by atoms with Gasteiger partial charge in [-0.3, -0.25) is 9.59 Å². The highest BCUT2D eigenvalue weighted by molar-refractivity contribution is 5.89. The molecule has 0 saturated carbocycles. The molecule has 5 heteroatoms. The molecular weight excluding hydrogens is 220 g/mol. The van der Waals surface area contributed by atoms with Crippen molar-refractivity contribution in [2.24, 2.45) is 5.92 Å². The molecule has 0 aliphatic carbocycles. The van der Waals surface area contributed by atoms with Gasteiger partial charge in [0.15, 0.2) is 0 Å². The number of nitrogens with one attached hydrogen (secondary N) is 1. The molecule has 5 nitrogen and oxygen atoms in total. The molecule has 17 heavy (non-hydrogen) atoms. The number of ether oxygens (including phenoxy) is 1. The smallest absolute Gasteiger partial charge is 0.225 e. The first-order valence-corrected chi connectivity index (χ1v) is 6.15. The Labute approximate surface area is 102 Å². The summed E-state index contributed by atoms with van der Waals surface area (Å²) < 4.78 is 4.94. The van der Waals surface area contributed by atoms with Crippen molar-refractivity contribution in [3.05, 3.63) is 0 Å². The Balaban J connectivity index is 2.42. The van der Waals surface area contributed by atoms with Crippen molar-refractivity contribution in [3.63, 3.8) is 0 Å². The third-order valence-electron chi connectivity index (χ3n) is 3.15. The zero-order valence-corrected chi connectivity index (χ0v) is 10.9. The third-order valence-corrected chi connectivity index (χ3v) is 3.15. The van der Waals surface area contributed by atoms with E-state index in [1.54, 1.807) is 12.0 Å². The molecule has 98 valence electrons. The second-order valence-corrected chi connectivity index (χ2v) is 4.55. The van der Waals surface area contributed by atoms with Crippen LogP contribution >= 0.6 is 0 Å². The Kier molecular flexibility index (Phi) is 5.41. The summed E-state index contributed by atoms with van der Waals surface area (Å²) in [7, 11) is 1.60. The summed E-state index contributed by atoms with van der Waals surface area (Å²) in [6.45, 7) is 5.60. The van der Waals surface area contributed by atoms with Gasteiger partial charge in [-0.05, 0) is 13.3 Å². The minimum absolute atomic E-state index is 0.00684.